The summed E-state index contributed by atoms with van der Waals surface area (Å²) in [5.74, 6) is -0.207. The number of nitrogens with one attached hydrogen (secondary N) is 2. The topological polar surface area (TPSA) is 131 Å². The van der Waals surface area contributed by atoms with Gasteiger partial charge in [0.25, 0.3) is 5.91 Å². The molecule has 1 aliphatic heterocycles. The van der Waals surface area contributed by atoms with Crippen molar-refractivity contribution in [3.05, 3.63) is 54.1 Å². The van der Waals surface area contributed by atoms with Gasteiger partial charge in [-0.15, -0.1) is 0 Å². The minimum Gasteiger partial charge on any atom is -0.494 e. The number of hydrogen-bond donors (Lipinski definition) is 3. The molecule has 0 unspecified atom stereocenters. The van der Waals surface area contributed by atoms with Gasteiger partial charge in [0, 0.05) is 25.3 Å². The number of anilines is 1. The lowest BCUT2D eigenvalue weighted by Crippen LogP contribution is -2.54. The summed E-state index contributed by atoms with van der Waals surface area (Å²) in [6, 6.07) is 13.5. The van der Waals surface area contributed by atoms with Crippen molar-refractivity contribution in [1.82, 2.24) is 5.48 Å². The number of carbonyl (C=O) groups excluding carboxylic acids is 2. The van der Waals surface area contributed by atoms with Gasteiger partial charge in [-0.25, -0.2) is 13.9 Å². The predicted octanol–water partition coefficient (Wildman–Crippen LogP) is 3.44. The van der Waals surface area contributed by atoms with Crippen LogP contribution >= 0.6 is 0 Å². The van der Waals surface area contributed by atoms with Gasteiger partial charge in [0.2, 0.25) is 5.91 Å². The molecule has 9 nitrogen and oxygen atoms in total. The quantitative estimate of drug-likeness (QED) is 0.257. The van der Waals surface area contributed by atoms with E-state index in [0.717, 1.165) is 5.69 Å². The Hall–Kier alpha value is -2.95. The lowest BCUT2D eigenvalue weighted by atomic mass is 9.98. The SMILES string of the molecule is CC(C)c1ccc(NC(=O)CCCOc2ccc(S(=O)(=O)C3(C(=O)NO)CCOCC3)cc2)cc1. The number of amides is 2. The smallest absolute Gasteiger partial charge is 0.265 e. The standard InChI is InChI=1S/C25H32N2O7S/c1-18(2)19-5-7-20(8-6-19)26-23(28)4-3-15-34-21-9-11-22(12-10-21)35(31,32)25(24(29)27-30)13-16-33-17-14-25/h5-12,18,30H,3-4,13-17H2,1-2H3,(H,26,28)(H,27,29). The molecule has 1 aliphatic rings. The Morgan fingerprint density at radius 3 is 2.26 bits per heavy atom. The number of ether oxygens (including phenoxy) is 2. The van der Waals surface area contributed by atoms with Crippen molar-refractivity contribution in [1.29, 1.82) is 0 Å². The highest BCUT2D eigenvalue weighted by molar-refractivity contribution is 7.93. The monoisotopic (exact) mass is 504 g/mol. The average Bonchev–Trinajstić information content (AvgIpc) is 2.87. The highest BCUT2D eigenvalue weighted by atomic mass is 32.2. The van der Waals surface area contributed by atoms with Crippen LogP contribution in [-0.4, -0.2) is 50.0 Å². The first-order chi connectivity index (χ1) is 16.7. The molecule has 0 aromatic heterocycles. The zero-order valence-corrected chi connectivity index (χ0v) is 20.8. The van der Waals surface area contributed by atoms with Crippen molar-refractivity contribution < 1.29 is 32.7 Å². The molecule has 1 saturated heterocycles. The molecular weight excluding hydrogens is 472 g/mol. The summed E-state index contributed by atoms with van der Waals surface area (Å²) in [5, 5.41) is 12.0. The Morgan fingerprint density at radius 1 is 1.06 bits per heavy atom. The summed E-state index contributed by atoms with van der Waals surface area (Å²) in [4.78, 5) is 24.4. The Balaban J connectivity index is 1.52. The number of rotatable bonds is 10. The van der Waals surface area contributed by atoms with E-state index in [9.17, 15) is 18.0 Å². The van der Waals surface area contributed by atoms with Gasteiger partial charge in [-0.3, -0.25) is 14.8 Å². The molecule has 0 bridgehead atoms. The van der Waals surface area contributed by atoms with Crippen LogP contribution in [0.15, 0.2) is 53.4 Å². The van der Waals surface area contributed by atoms with E-state index < -0.39 is 20.5 Å². The molecule has 2 aromatic rings. The highest BCUT2D eigenvalue weighted by Crippen LogP contribution is 2.35. The van der Waals surface area contributed by atoms with Crippen LogP contribution in [0.1, 0.15) is 51.0 Å². The summed E-state index contributed by atoms with van der Waals surface area (Å²) in [6.45, 7) is 4.70. The van der Waals surface area contributed by atoms with Crippen molar-refractivity contribution in [2.75, 3.05) is 25.1 Å². The summed E-state index contributed by atoms with van der Waals surface area (Å²) in [6.07, 6.45) is 0.656. The maximum atomic E-state index is 13.2. The molecule has 3 rings (SSSR count). The van der Waals surface area contributed by atoms with Crippen molar-refractivity contribution >= 4 is 27.3 Å². The van der Waals surface area contributed by atoms with Gasteiger partial charge in [-0.05, 0) is 67.1 Å². The maximum absolute atomic E-state index is 13.2. The van der Waals surface area contributed by atoms with E-state index in [-0.39, 0.29) is 49.9 Å². The Bertz CT molecular complexity index is 1110. The van der Waals surface area contributed by atoms with Gasteiger partial charge in [-0.2, -0.15) is 0 Å². The van der Waals surface area contributed by atoms with Crippen LogP contribution in [0.25, 0.3) is 0 Å². The van der Waals surface area contributed by atoms with Crippen LogP contribution in [0.5, 0.6) is 5.75 Å². The molecule has 1 heterocycles. The predicted molar refractivity (Wildman–Crippen MR) is 130 cm³/mol. The first kappa shape index (κ1) is 26.7. The van der Waals surface area contributed by atoms with Crippen molar-refractivity contribution in [3.8, 4) is 5.75 Å². The molecule has 0 atom stereocenters. The highest BCUT2D eigenvalue weighted by Gasteiger charge is 2.52. The lowest BCUT2D eigenvalue weighted by Gasteiger charge is -2.34. The van der Waals surface area contributed by atoms with Crippen LogP contribution in [0.2, 0.25) is 0 Å². The first-order valence-corrected chi connectivity index (χ1v) is 13.1. The fourth-order valence-corrected chi connectivity index (χ4v) is 5.90. The van der Waals surface area contributed by atoms with Crippen LogP contribution in [-0.2, 0) is 24.2 Å². The second kappa shape index (κ2) is 11.7. The minimum atomic E-state index is -4.09. The van der Waals surface area contributed by atoms with Crippen molar-refractivity contribution in [2.24, 2.45) is 0 Å². The van der Waals surface area contributed by atoms with Crippen molar-refractivity contribution in [3.63, 3.8) is 0 Å². The van der Waals surface area contributed by atoms with Crippen molar-refractivity contribution in [2.45, 2.75) is 55.1 Å². The van der Waals surface area contributed by atoms with E-state index in [1.807, 2.05) is 24.3 Å². The molecule has 2 aromatic carbocycles. The lowest BCUT2D eigenvalue weighted by molar-refractivity contribution is -0.134. The van der Waals surface area contributed by atoms with Gasteiger partial charge < -0.3 is 14.8 Å². The van der Waals surface area contributed by atoms with E-state index in [0.29, 0.717) is 18.1 Å². The average molecular weight is 505 g/mol. The molecule has 3 N–H and O–H groups in total. The Labute approximate surface area is 205 Å². The third-order valence-electron chi connectivity index (χ3n) is 6.14. The molecule has 190 valence electrons. The second-order valence-electron chi connectivity index (χ2n) is 8.80. The minimum absolute atomic E-state index is 0.0433. The summed E-state index contributed by atoms with van der Waals surface area (Å²) in [5.41, 5.74) is 3.45. The molecule has 0 aliphatic carbocycles. The van der Waals surface area contributed by atoms with Crippen LogP contribution in [0.4, 0.5) is 5.69 Å². The summed E-state index contributed by atoms with van der Waals surface area (Å²) >= 11 is 0. The van der Waals surface area contributed by atoms with E-state index in [4.69, 9.17) is 14.7 Å². The van der Waals surface area contributed by atoms with E-state index in [1.165, 1.54) is 35.3 Å². The van der Waals surface area contributed by atoms with E-state index >= 15 is 0 Å². The zero-order chi connectivity index (χ0) is 25.5. The van der Waals surface area contributed by atoms with E-state index in [1.54, 1.807) is 0 Å². The summed E-state index contributed by atoms with van der Waals surface area (Å²) < 4.78 is 35.6. The van der Waals surface area contributed by atoms with Gasteiger partial charge in [0.1, 0.15) is 5.75 Å². The third-order valence-corrected chi connectivity index (χ3v) is 8.66. The van der Waals surface area contributed by atoms with Crippen LogP contribution in [0, 0.1) is 0 Å². The molecule has 1 fully saturated rings. The Morgan fingerprint density at radius 2 is 1.69 bits per heavy atom. The van der Waals surface area contributed by atoms with Gasteiger partial charge in [0.05, 0.1) is 11.5 Å². The van der Waals surface area contributed by atoms with E-state index in [2.05, 4.69) is 19.2 Å². The molecule has 35 heavy (non-hydrogen) atoms. The first-order valence-electron chi connectivity index (χ1n) is 11.6. The van der Waals surface area contributed by atoms with Gasteiger partial charge in [0.15, 0.2) is 14.6 Å². The van der Waals surface area contributed by atoms with Crippen LogP contribution in [0.3, 0.4) is 0 Å². The summed E-state index contributed by atoms with van der Waals surface area (Å²) in [7, 11) is -4.09. The number of sulfone groups is 1. The third kappa shape index (κ3) is 6.19. The number of benzene rings is 2. The van der Waals surface area contributed by atoms with Crippen LogP contribution < -0.4 is 15.5 Å². The van der Waals surface area contributed by atoms with Gasteiger partial charge in [-0.1, -0.05) is 26.0 Å². The number of hydrogen-bond acceptors (Lipinski definition) is 7. The number of hydroxylamine groups is 1. The second-order valence-corrected chi connectivity index (χ2v) is 11.1. The Kier molecular flexibility index (Phi) is 8.87. The zero-order valence-electron chi connectivity index (χ0n) is 20.0. The molecule has 10 heteroatoms. The molecule has 0 spiro atoms. The van der Waals surface area contributed by atoms with Gasteiger partial charge >= 0.3 is 0 Å². The maximum Gasteiger partial charge on any atom is 0.265 e. The molecule has 2 amide bonds. The largest absolute Gasteiger partial charge is 0.494 e. The molecule has 0 saturated carbocycles. The fraction of sp³-hybridized carbons (Fsp3) is 0.440. The normalized spacial score (nSPS) is 15.4. The molecular formula is C25H32N2O7S. The number of carbonyl (C=O) groups is 2. The fourth-order valence-electron chi connectivity index (χ4n) is 3.96. The molecule has 0 radical (unpaired) electrons.